The number of halogens is 2. The predicted octanol–water partition coefficient (Wildman–Crippen LogP) is 3.27. The number of aliphatic hydroxyl groups excluding tert-OH is 1. The molecule has 0 bridgehead atoms. The average Bonchev–Trinajstić information content (AvgIpc) is 2.27. The Bertz CT molecular complexity index is 480. The molecule has 0 aliphatic rings. The fourth-order valence-corrected chi connectivity index (χ4v) is 1.63. The summed E-state index contributed by atoms with van der Waals surface area (Å²) in [6, 6.07) is 9.89. The van der Waals surface area contributed by atoms with Gasteiger partial charge in [-0.3, -0.25) is 0 Å². The Morgan fingerprint density at radius 1 is 1.13 bits per heavy atom. The van der Waals surface area contributed by atoms with Crippen molar-refractivity contribution in [3.63, 3.8) is 0 Å². The molecule has 0 spiro atoms. The zero-order valence-corrected chi connectivity index (χ0v) is 7.95. The molecule has 0 amide bonds. The van der Waals surface area contributed by atoms with Gasteiger partial charge in [0.2, 0.25) is 0 Å². The lowest BCUT2D eigenvalue weighted by Crippen LogP contribution is -1.89. The molecule has 2 aromatic carbocycles. The minimum absolute atomic E-state index is 0.0165. The van der Waals surface area contributed by atoms with Gasteiger partial charge in [-0.15, -0.1) is 0 Å². The third-order valence-electron chi connectivity index (χ3n) is 2.40. The molecule has 2 aromatic rings. The van der Waals surface area contributed by atoms with Gasteiger partial charge in [0, 0.05) is 5.56 Å². The maximum absolute atomic E-state index is 12.7. The van der Waals surface area contributed by atoms with E-state index in [0.717, 1.165) is 5.39 Å². The molecule has 0 saturated carbocycles. The van der Waals surface area contributed by atoms with E-state index in [9.17, 15) is 8.78 Å². The van der Waals surface area contributed by atoms with Crippen LogP contribution in [-0.2, 0) is 6.61 Å². The Labute approximate surface area is 86.0 Å². The molecule has 15 heavy (non-hydrogen) atoms. The molecule has 0 atom stereocenters. The molecule has 0 aliphatic heterocycles. The van der Waals surface area contributed by atoms with Gasteiger partial charge in [0.1, 0.15) is 0 Å². The van der Waals surface area contributed by atoms with E-state index in [0.29, 0.717) is 10.9 Å². The van der Waals surface area contributed by atoms with Gasteiger partial charge in [-0.1, -0.05) is 30.3 Å². The zero-order chi connectivity index (χ0) is 10.8. The largest absolute Gasteiger partial charge is 0.392 e. The van der Waals surface area contributed by atoms with Crippen molar-refractivity contribution in [1.82, 2.24) is 0 Å². The third-order valence-corrected chi connectivity index (χ3v) is 2.40. The van der Waals surface area contributed by atoms with Crippen molar-refractivity contribution in [1.29, 1.82) is 0 Å². The van der Waals surface area contributed by atoms with Crippen LogP contribution in [0.4, 0.5) is 8.78 Å². The topological polar surface area (TPSA) is 20.2 Å². The fraction of sp³-hybridized carbons (Fsp3) is 0.167. The normalized spacial score (nSPS) is 11.2. The minimum atomic E-state index is -2.48. The van der Waals surface area contributed by atoms with E-state index in [4.69, 9.17) is 5.11 Å². The maximum Gasteiger partial charge on any atom is 0.264 e. The molecule has 1 N–H and O–H groups in total. The first-order valence-corrected chi connectivity index (χ1v) is 4.63. The molecule has 2 rings (SSSR count). The molecule has 0 aliphatic carbocycles. The standard InChI is InChI=1S/C12H10F2O/c13-12(14)10-3-1-2-9-5-4-8(7-15)6-11(9)10/h1-6,12,15H,7H2. The fourth-order valence-electron chi connectivity index (χ4n) is 1.63. The summed E-state index contributed by atoms with van der Waals surface area (Å²) < 4.78 is 25.3. The van der Waals surface area contributed by atoms with Gasteiger partial charge in [-0.2, -0.15) is 0 Å². The summed E-state index contributed by atoms with van der Waals surface area (Å²) in [6.07, 6.45) is -2.48. The lowest BCUT2D eigenvalue weighted by molar-refractivity contribution is 0.153. The highest BCUT2D eigenvalue weighted by atomic mass is 19.3. The van der Waals surface area contributed by atoms with Crippen LogP contribution >= 0.6 is 0 Å². The second-order valence-electron chi connectivity index (χ2n) is 3.36. The van der Waals surface area contributed by atoms with E-state index in [1.165, 1.54) is 6.07 Å². The molecular formula is C12H10F2O. The van der Waals surface area contributed by atoms with E-state index in [1.807, 2.05) is 0 Å². The summed E-state index contributed by atoms with van der Waals surface area (Å²) >= 11 is 0. The van der Waals surface area contributed by atoms with Gasteiger partial charge >= 0.3 is 0 Å². The summed E-state index contributed by atoms with van der Waals surface area (Å²) in [5, 5.41) is 10.2. The highest BCUT2D eigenvalue weighted by Gasteiger charge is 2.10. The van der Waals surface area contributed by atoms with Crippen molar-refractivity contribution >= 4 is 10.8 Å². The van der Waals surface area contributed by atoms with Crippen molar-refractivity contribution in [2.45, 2.75) is 13.0 Å². The summed E-state index contributed by atoms with van der Waals surface area (Å²) in [7, 11) is 0. The highest BCUT2D eigenvalue weighted by Crippen LogP contribution is 2.28. The van der Waals surface area contributed by atoms with E-state index in [-0.39, 0.29) is 12.2 Å². The summed E-state index contributed by atoms with van der Waals surface area (Å²) in [6.45, 7) is -0.131. The van der Waals surface area contributed by atoms with Gasteiger partial charge in [0.25, 0.3) is 6.43 Å². The number of rotatable bonds is 2. The van der Waals surface area contributed by atoms with E-state index in [2.05, 4.69) is 0 Å². The quantitative estimate of drug-likeness (QED) is 0.803. The molecule has 0 aromatic heterocycles. The average molecular weight is 208 g/mol. The molecule has 0 fully saturated rings. The van der Waals surface area contributed by atoms with E-state index < -0.39 is 6.43 Å². The molecule has 0 radical (unpaired) electrons. The second kappa shape index (κ2) is 3.95. The molecule has 78 valence electrons. The van der Waals surface area contributed by atoms with E-state index >= 15 is 0 Å². The molecule has 0 heterocycles. The SMILES string of the molecule is OCc1ccc2cccc(C(F)F)c2c1. The Kier molecular flexibility index (Phi) is 2.64. The van der Waals surface area contributed by atoms with Gasteiger partial charge in [-0.05, 0) is 22.4 Å². The molecule has 1 nitrogen and oxygen atoms in total. The Morgan fingerprint density at radius 3 is 2.60 bits per heavy atom. The number of aliphatic hydroxyl groups is 1. The predicted molar refractivity (Wildman–Crippen MR) is 54.8 cm³/mol. The highest BCUT2D eigenvalue weighted by molar-refractivity contribution is 5.86. The third kappa shape index (κ3) is 1.83. The van der Waals surface area contributed by atoms with Crippen molar-refractivity contribution in [3.05, 3.63) is 47.5 Å². The Balaban J connectivity index is 2.70. The van der Waals surface area contributed by atoms with Crippen molar-refractivity contribution in [3.8, 4) is 0 Å². The van der Waals surface area contributed by atoms with Crippen molar-refractivity contribution in [2.75, 3.05) is 0 Å². The minimum Gasteiger partial charge on any atom is -0.392 e. The number of hydrogen-bond donors (Lipinski definition) is 1. The number of fused-ring (bicyclic) bond motifs is 1. The maximum atomic E-state index is 12.7. The number of benzene rings is 2. The van der Waals surface area contributed by atoms with Crippen molar-refractivity contribution < 1.29 is 13.9 Å². The van der Waals surface area contributed by atoms with Gasteiger partial charge in [0.15, 0.2) is 0 Å². The monoisotopic (exact) mass is 208 g/mol. The van der Waals surface area contributed by atoms with Crippen LogP contribution in [0.25, 0.3) is 10.8 Å². The van der Waals surface area contributed by atoms with Gasteiger partial charge < -0.3 is 5.11 Å². The van der Waals surface area contributed by atoms with Crippen LogP contribution in [-0.4, -0.2) is 5.11 Å². The van der Waals surface area contributed by atoms with Crippen LogP contribution in [0.1, 0.15) is 17.6 Å². The van der Waals surface area contributed by atoms with Crippen LogP contribution in [0.5, 0.6) is 0 Å². The number of alkyl halides is 2. The summed E-state index contributed by atoms with van der Waals surface area (Å²) in [4.78, 5) is 0. The first-order valence-electron chi connectivity index (χ1n) is 4.63. The van der Waals surface area contributed by atoms with Crippen LogP contribution in [0.3, 0.4) is 0 Å². The summed E-state index contributed by atoms with van der Waals surface area (Å²) in [5.41, 5.74) is 0.665. The molecule has 0 unspecified atom stereocenters. The van der Waals surface area contributed by atoms with Gasteiger partial charge in [0.05, 0.1) is 6.61 Å². The molecular weight excluding hydrogens is 198 g/mol. The van der Waals surface area contributed by atoms with Gasteiger partial charge in [-0.25, -0.2) is 8.78 Å². The molecule has 3 heteroatoms. The first-order chi connectivity index (χ1) is 7.22. The van der Waals surface area contributed by atoms with Crippen LogP contribution < -0.4 is 0 Å². The van der Waals surface area contributed by atoms with Crippen LogP contribution in [0, 0.1) is 0 Å². The first kappa shape index (κ1) is 10.1. The number of hydrogen-bond acceptors (Lipinski definition) is 1. The molecule has 0 saturated heterocycles. The lowest BCUT2D eigenvalue weighted by atomic mass is 10.0. The lowest BCUT2D eigenvalue weighted by Gasteiger charge is -2.06. The Hall–Kier alpha value is -1.48. The van der Waals surface area contributed by atoms with Crippen LogP contribution in [0.2, 0.25) is 0 Å². The zero-order valence-electron chi connectivity index (χ0n) is 7.95. The van der Waals surface area contributed by atoms with Crippen molar-refractivity contribution in [2.24, 2.45) is 0 Å². The summed E-state index contributed by atoms with van der Waals surface area (Å²) in [5.74, 6) is 0. The Morgan fingerprint density at radius 2 is 1.93 bits per heavy atom. The smallest absolute Gasteiger partial charge is 0.264 e. The van der Waals surface area contributed by atoms with E-state index in [1.54, 1.807) is 30.3 Å². The second-order valence-corrected chi connectivity index (χ2v) is 3.36. The van der Waals surface area contributed by atoms with Crippen LogP contribution in [0.15, 0.2) is 36.4 Å².